The lowest BCUT2D eigenvalue weighted by Crippen LogP contribution is -2.32. The van der Waals surface area contributed by atoms with Crippen LogP contribution < -0.4 is 5.32 Å². The number of hydrogen-bond donors (Lipinski definition) is 1. The van der Waals surface area contributed by atoms with Crippen molar-refractivity contribution in [2.24, 2.45) is 0 Å². The van der Waals surface area contributed by atoms with Crippen LogP contribution in [-0.2, 0) is 10.9 Å². The lowest BCUT2D eigenvalue weighted by atomic mass is 10.1. The van der Waals surface area contributed by atoms with Gasteiger partial charge in [-0.1, -0.05) is 23.4 Å². The van der Waals surface area contributed by atoms with Gasteiger partial charge in [0.2, 0.25) is 0 Å². The van der Waals surface area contributed by atoms with Gasteiger partial charge in [0, 0.05) is 18.5 Å². The molecule has 0 saturated carbocycles. The smallest absolute Gasteiger partial charge is 0.416 e. The molecule has 0 aliphatic rings. The number of hydrogen-bond acceptors (Lipinski definition) is 2. The molecule has 0 aliphatic heterocycles. The molecule has 0 aliphatic carbocycles. The molecule has 1 amide bonds. The van der Waals surface area contributed by atoms with Gasteiger partial charge in [0.25, 0.3) is 0 Å². The van der Waals surface area contributed by atoms with Crippen LogP contribution in [0.15, 0.2) is 18.2 Å². The molecule has 3 nitrogen and oxygen atoms in total. The molecular formula is C16H17ClF3NO2. The zero-order valence-electron chi connectivity index (χ0n) is 13.0. The van der Waals surface area contributed by atoms with Gasteiger partial charge in [-0.2, -0.15) is 13.2 Å². The molecular weight excluding hydrogens is 331 g/mol. The third kappa shape index (κ3) is 7.29. The van der Waals surface area contributed by atoms with Crippen LogP contribution in [0.3, 0.4) is 0 Å². The lowest BCUT2D eigenvalue weighted by Gasteiger charge is -2.19. The molecule has 0 aromatic heterocycles. The first kappa shape index (κ1) is 19.2. The second kappa shape index (κ2) is 7.60. The van der Waals surface area contributed by atoms with Crippen molar-refractivity contribution >= 4 is 17.7 Å². The first-order valence-corrected chi connectivity index (χ1v) is 7.19. The summed E-state index contributed by atoms with van der Waals surface area (Å²) in [5.41, 5.74) is -1.31. The molecule has 0 bridgehead atoms. The Hall–Kier alpha value is -1.87. The Morgan fingerprint density at radius 2 is 1.96 bits per heavy atom. The van der Waals surface area contributed by atoms with Crippen molar-refractivity contribution in [3.05, 3.63) is 34.3 Å². The molecule has 1 aromatic carbocycles. The van der Waals surface area contributed by atoms with E-state index in [1.54, 1.807) is 20.8 Å². The predicted octanol–water partition coefficient (Wildman–Crippen LogP) is 4.63. The Morgan fingerprint density at radius 3 is 2.52 bits per heavy atom. The molecule has 0 saturated heterocycles. The number of alkyl halides is 3. The fraction of sp³-hybridized carbons (Fsp3) is 0.438. The second-order valence-corrected chi connectivity index (χ2v) is 6.08. The highest BCUT2D eigenvalue weighted by Crippen LogP contribution is 2.31. The summed E-state index contributed by atoms with van der Waals surface area (Å²) < 4.78 is 42.9. The third-order valence-corrected chi connectivity index (χ3v) is 2.76. The largest absolute Gasteiger partial charge is 0.444 e. The number of carbonyl (C=O) groups excluding carboxylic acids is 1. The van der Waals surface area contributed by atoms with E-state index in [1.165, 1.54) is 0 Å². The molecule has 0 heterocycles. The SMILES string of the molecule is CC(C)(C)OC(=O)NCCC#Cc1cc(C(F)(F)F)ccc1Cl. The molecule has 1 aromatic rings. The van der Waals surface area contributed by atoms with E-state index in [0.29, 0.717) is 0 Å². The Morgan fingerprint density at radius 1 is 1.30 bits per heavy atom. The standard InChI is InChI=1S/C16H17ClF3NO2/c1-15(2,3)23-14(22)21-9-5-4-6-11-10-12(16(18,19)20)7-8-13(11)17/h7-8,10H,5,9H2,1-3H3,(H,21,22). The Kier molecular flexibility index (Phi) is 6.34. The Bertz CT molecular complexity index is 625. The highest BCUT2D eigenvalue weighted by atomic mass is 35.5. The van der Waals surface area contributed by atoms with Crippen molar-refractivity contribution in [2.45, 2.75) is 39.0 Å². The number of halogens is 4. The van der Waals surface area contributed by atoms with Crippen LogP contribution in [-0.4, -0.2) is 18.2 Å². The van der Waals surface area contributed by atoms with Crippen LogP contribution >= 0.6 is 11.6 Å². The van der Waals surface area contributed by atoms with Crippen molar-refractivity contribution in [1.29, 1.82) is 0 Å². The monoisotopic (exact) mass is 347 g/mol. The van der Waals surface area contributed by atoms with Gasteiger partial charge in [-0.3, -0.25) is 0 Å². The highest BCUT2D eigenvalue weighted by Gasteiger charge is 2.30. The molecule has 126 valence electrons. The zero-order valence-corrected chi connectivity index (χ0v) is 13.7. The number of nitrogens with one attached hydrogen (secondary N) is 1. The molecule has 0 unspecified atom stereocenters. The van der Waals surface area contributed by atoms with Gasteiger partial charge in [-0.15, -0.1) is 0 Å². The van der Waals surface area contributed by atoms with E-state index >= 15 is 0 Å². The fourth-order valence-electron chi connectivity index (χ4n) is 1.50. The molecule has 1 N–H and O–H groups in total. The van der Waals surface area contributed by atoms with Gasteiger partial charge in [-0.25, -0.2) is 4.79 Å². The van der Waals surface area contributed by atoms with Gasteiger partial charge < -0.3 is 10.1 Å². The minimum absolute atomic E-state index is 0.0961. The lowest BCUT2D eigenvalue weighted by molar-refractivity contribution is -0.137. The van der Waals surface area contributed by atoms with Gasteiger partial charge in [0.15, 0.2) is 0 Å². The Labute approximate surface area is 138 Å². The summed E-state index contributed by atoms with van der Waals surface area (Å²) in [5.74, 6) is 5.24. The van der Waals surface area contributed by atoms with E-state index in [9.17, 15) is 18.0 Å². The van der Waals surface area contributed by atoms with E-state index in [1.807, 2.05) is 0 Å². The quantitative estimate of drug-likeness (QED) is 0.626. The number of carbonyl (C=O) groups is 1. The minimum atomic E-state index is -4.45. The van der Waals surface area contributed by atoms with Crippen LogP contribution in [0.2, 0.25) is 5.02 Å². The summed E-state index contributed by atoms with van der Waals surface area (Å²) in [6.07, 6.45) is -4.76. The van der Waals surface area contributed by atoms with Crippen LogP contribution in [0.5, 0.6) is 0 Å². The predicted molar refractivity (Wildman–Crippen MR) is 82.2 cm³/mol. The van der Waals surface area contributed by atoms with E-state index in [-0.39, 0.29) is 23.6 Å². The van der Waals surface area contributed by atoms with Crippen molar-refractivity contribution in [3.63, 3.8) is 0 Å². The molecule has 7 heteroatoms. The number of amides is 1. The average molecular weight is 348 g/mol. The van der Waals surface area contributed by atoms with Gasteiger partial charge in [0.1, 0.15) is 5.60 Å². The first-order chi connectivity index (χ1) is 10.5. The van der Waals surface area contributed by atoms with Crippen molar-refractivity contribution in [3.8, 4) is 11.8 Å². The molecule has 0 atom stereocenters. The normalized spacial score (nSPS) is 11.4. The average Bonchev–Trinajstić information content (AvgIpc) is 2.36. The molecule has 0 fully saturated rings. The molecule has 0 radical (unpaired) electrons. The number of alkyl carbamates (subject to hydrolysis) is 1. The summed E-state index contributed by atoms with van der Waals surface area (Å²) in [4.78, 5) is 11.4. The van der Waals surface area contributed by atoms with Gasteiger partial charge in [0.05, 0.1) is 10.6 Å². The zero-order chi connectivity index (χ0) is 17.7. The van der Waals surface area contributed by atoms with Crippen molar-refractivity contribution < 1.29 is 22.7 Å². The summed E-state index contributed by atoms with van der Waals surface area (Å²) in [7, 11) is 0. The van der Waals surface area contributed by atoms with Crippen LogP contribution in [0.4, 0.5) is 18.0 Å². The van der Waals surface area contributed by atoms with Crippen LogP contribution in [0.1, 0.15) is 38.3 Å². The maximum atomic E-state index is 12.6. The minimum Gasteiger partial charge on any atom is -0.444 e. The van der Waals surface area contributed by atoms with E-state index in [2.05, 4.69) is 17.2 Å². The van der Waals surface area contributed by atoms with Crippen LogP contribution in [0.25, 0.3) is 0 Å². The fourth-order valence-corrected chi connectivity index (χ4v) is 1.66. The summed E-state index contributed by atoms with van der Waals surface area (Å²) >= 11 is 5.82. The van der Waals surface area contributed by atoms with E-state index < -0.39 is 23.4 Å². The molecule has 1 rings (SSSR count). The number of benzene rings is 1. The van der Waals surface area contributed by atoms with E-state index in [4.69, 9.17) is 16.3 Å². The summed E-state index contributed by atoms with van der Waals surface area (Å²) in [6.45, 7) is 5.44. The van der Waals surface area contributed by atoms with Crippen LogP contribution in [0, 0.1) is 11.8 Å². The summed E-state index contributed by atoms with van der Waals surface area (Å²) in [6, 6.07) is 2.96. The molecule has 0 spiro atoms. The third-order valence-electron chi connectivity index (χ3n) is 2.43. The van der Waals surface area contributed by atoms with Gasteiger partial charge in [-0.05, 0) is 39.0 Å². The van der Waals surface area contributed by atoms with Crippen molar-refractivity contribution in [1.82, 2.24) is 5.32 Å². The van der Waals surface area contributed by atoms with Crippen molar-refractivity contribution in [2.75, 3.05) is 6.54 Å². The number of rotatable bonds is 2. The topological polar surface area (TPSA) is 38.3 Å². The Balaban J connectivity index is 2.59. The maximum Gasteiger partial charge on any atom is 0.416 e. The maximum absolute atomic E-state index is 12.6. The summed E-state index contributed by atoms with van der Waals surface area (Å²) in [5, 5.41) is 2.64. The molecule has 23 heavy (non-hydrogen) atoms. The van der Waals surface area contributed by atoms with E-state index in [0.717, 1.165) is 18.2 Å². The number of ether oxygens (including phenoxy) is 1. The second-order valence-electron chi connectivity index (χ2n) is 5.67. The highest BCUT2D eigenvalue weighted by molar-refractivity contribution is 6.31. The first-order valence-electron chi connectivity index (χ1n) is 6.81. The van der Waals surface area contributed by atoms with Gasteiger partial charge >= 0.3 is 12.3 Å².